The summed E-state index contributed by atoms with van der Waals surface area (Å²) in [6, 6.07) is 8.90. The lowest BCUT2D eigenvalue weighted by molar-refractivity contribution is -0.113. The zero-order chi connectivity index (χ0) is 21.8. The Morgan fingerprint density at radius 1 is 1.03 bits per heavy atom. The van der Waals surface area contributed by atoms with Crippen LogP contribution in [0.25, 0.3) is 0 Å². The van der Waals surface area contributed by atoms with E-state index in [1.54, 1.807) is 50.4 Å². The number of allylic oxidation sites excluding steroid dienone is 1. The molecule has 0 radical (unpaired) electrons. The topological polar surface area (TPSA) is 97.9 Å². The van der Waals surface area contributed by atoms with Gasteiger partial charge in [0.15, 0.2) is 0 Å². The minimum atomic E-state index is -0.746. The molecule has 3 rings (SSSR count). The molecule has 8 nitrogen and oxygen atoms in total. The van der Waals surface area contributed by atoms with Gasteiger partial charge in [-0.2, -0.15) is 0 Å². The predicted octanol–water partition coefficient (Wildman–Crippen LogP) is 3.63. The first-order valence-corrected chi connectivity index (χ1v) is 9.40. The number of rotatable bonds is 6. The number of benzene rings is 2. The van der Waals surface area contributed by atoms with Crippen molar-refractivity contribution in [2.75, 3.05) is 26.6 Å². The van der Waals surface area contributed by atoms with Crippen LogP contribution in [0.2, 0.25) is 5.02 Å². The van der Waals surface area contributed by atoms with Crippen LogP contribution in [0, 0.1) is 0 Å². The lowest BCUT2D eigenvalue weighted by Gasteiger charge is -2.29. The maximum Gasteiger partial charge on any atom is 0.319 e. The first-order chi connectivity index (χ1) is 14.4. The van der Waals surface area contributed by atoms with Crippen LogP contribution in [-0.4, -0.2) is 33.3 Å². The summed E-state index contributed by atoms with van der Waals surface area (Å²) < 4.78 is 16.0. The molecule has 0 bridgehead atoms. The SMILES string of the molecule is COc1ccc(C2NC(=O)NC(C)=C2C(=O)Nc2cc(Cl)ccc2OC)c(OC)c1. The highest BCUT2D eigenvalue weighted by Crippen LogP contribution is 2.36. The van der Waals surface area contributed by atoms with Crippen LogP contribution in [0.1, 0.15) is 18.5 Å². The van der Waals surface area contributed by atoms with Gasteiger partial charge in [-0.15, -0.1) is 0 Å². The number of amides is 3. The maximum atomic E-state index is 13.2. The Kier molecular flexibility index (Phi) is 6.37. The smallest absolute Gasteiger partial charge is 0.319 e. The van der Waals surface area contributed by atoms with Crippen molar-refractivity contribution in [3.8, 4) is 17.2 Å². The van der Waals surface area contributed by atoms with Crippen LogP contribution in [0.15, 0.2) is 47.7 Å². The Hall–Kier alpha value is -3.39. The van der Waals surface area contributed by atoms with Gasteiger partial charge in [-0.05, 0) is 37.3 Å². The molecule has 1 heterocycles. The van der Waals surface area contributed by atoms with E-state index in [-0.39, 0.29) is 0 Å². The van der Waals surface area contributed by atoms with E-state index in [0.717, 1.165) is 0 Å². The van der Waals surface area contributed by atoms with E-state index in [4.69, 9.17) is 25.8 Å². The summed E-state index contributed by atoms with van der Waals surface area (Å²) in [6.07, 6.45) is 0. The molecule has 0 fully saturated rings. The van der Waals surface area contributed by atoms with Crippen molar-refractivity contribution in [1.29, 1.82) is 0 Å². The molecule has 158 valence electrons. The molecule has 0 aromatic heterocycles. The quantitative estimate of drug-likeness (QED) is 0.648. The van der Waals surface area contributed by atoms with Crippen LogP contribution in [0.3, 0.4) is 0 Å². The molecule has 2 aromatic carbocycles. The van der Waals surface area contributed by atoms with Crippen molar-refractivity contribution in [2.24, 2.45) is 0 Å². The third kappa shape index (κ3) is 4.28. The fourth-order valence-corrected chi connectivity index (χ4v) is 3.42. The third-order valence-corrected chi connectivity index (χ3v) is 4.91. The number of hydrogen-bond acceptors (Lipinski definition) is 5. The van der Waals surface area contributed by atoms with E-state index >= 15 is 0 Å². The average Bonchev–Trinajstić information content (AvgIpc) is 2.72. The zero-order valence-corrected chi connectivity index (χ0v) is 17.7. The van der Waals surface area contributed by atoms with Crippen molar-refractivity contribution in [1.82, 2.24) is 10.6 Å². The normalized spacial score (nSPS) is 15.8. The lowest BCUT2D eigenvalue weighted by atomic mass is 9.94. The van der Waals surface area contributed by atoms with Crippen molar-refractivity contribution in [2.45, 2.75) is 13.0 Å². The number of halogens is 1. The van der Waals surface area contributed by atoms with E-state index in [1.165, 1.54) is 14.2 Å². The Morgan fingerprint density at radius 3 is 2.43 bits per heavy atom. The monoisotopic (exact) mass is 431 g/mol. The molecule has 0 spiro atoms. The van der Waals surface area contributed by atoms with E-state index in [2.05, 4.69) is 16.0 Å². The lowest BCUT2D eigenvalue weighted by Crippen LogP contribution is -2.46. The standard InChI is InChI=1S/C21H22ClN3O5/c1-11-18(20(26)24-15-9-12(22)5-8-16(15)29-3)19(25-21(27)23-11)14-7-6-13(28-2)10-17(14)30-4/h5-10,19H,1-4H3,(H,24,26)(H2,23,25,27). The predicted molar refractivity (Wildman–Crippen MR) is 113 cm³/mol. The van der Waals surface area contributed by atoms with Crippen molar-refractivity contribution in [3.05, 3.63) is 58.3 Å². The van der Waals surface area contributed by atoms with Crippen LogP contribution in [-0.2, 0) is 4.79 Å². The Labute approximate surface area is 179 Å². The number of anilines is 1. The first-order valence-electron chi connectivity index (χ1n) is 9.03. The molecule has 3 N–H and O–H groups in total. The highest BCUT2D eigenvalue weighted by Gasteiger charge is 2.33. The third-order valence-electron chi connectivity index (χ3n) is 4.68. The molecule has 0 saturated carbocycles. The summed E-state index contributed by atoms with van der Waals surface area (Å²) >= 11 is 6.07. The molecule has 1 atom stereocenters. The number of carbonyl (C=O) groups is 2. The number of methoxy groups -OCH3 is 3. The molecule has 0 saturated heterocycles. The van der Waals surface area contributed by atoms with Gasteiger partial charge < -0.3 is 30.2 Å². The number of carbonyl (C=O) groups excluding carboxylic acids is 2. The minimum absolute atomic E-state index is 0.320. The molecule has 0 aliphatic carbocycles. The fourth-order valence-electron chi connectivity index (χ4n) is 3.25. The fraction of sp³-hybridized carbons (Fsp3) is 0.238. The summed E-state index contributed by atoms with van der Waals surface area (Å²) in [5.74, 6) is 1.09. The second kappa shape index (κ2) is 8.96. The molecular formula is C21H22ClN3O5. The van der Waals surface area contributed by atoms with Gasteiger partial charge in [-0.1, -0.05) is 11.6 Å². The summed E-state index contributed by atoms with van der Waals surface area (Å²) in [7, 11) is 4.55. The molecule has 30 heavy (non-hydrogen) atoms. The van der Waals surface area contributed by atoms with Crippen LogP contribution < -0.4 is 30.2 Å². The molecule has 1 aliphatic rings. The Morgan fingerprint density at radius 2 is 1.77 bits per heavy atom. The second-order valence-electron chi connectivity index (χ2n) is 6.48. The zero-order valence-electron chi connectivity index (χ0n) is 17.0. The Bertz CT molecular complexity index is 1020. The molecular weight excluding hydrogens is 410 g/mol. The van der Waals surface area contributed by atoms with E-state index in [9.17, 15) is 9.59 Å². The van der Waals surface area contributed by atoms with E-state index in [1.807, 2.05) is 0 Å². The number of hydrogen-bond donors (Lipinski definition) is 3. The highest BCUT2D eigenvalue weighted by atomic mass is 35.5. The summed E-state index contributed by atoms with van der Waals surface area (Å²) in [4.78, 5) is 25.4. The van der Waals surface area contributed by atoms with Gasteiger partial charge in [-0.25, -0.2) is 4.79 Å². The molecule has 1 aliphatic heterocycles. The summed E-state index contributed by atoms with van der Waals surface area (Å²) in [5, 5.41) is 8.69. The van der Waals surface area contributed by atoms with Gasteiger partial charge in [0.2, 0.25) is 0 Å². The van der Waals surface area contributed by atoms with Gasteiger partial charge in [0.25, 0.3) is 5.91 Å². The van der Waals surface area contributed by atoms with Gasteiger partial charge in [0.05, 0.1) is 38.6 Å². The highest BCUT2D eigenvalue weighted by molar-refractivity contribution is 6.31. The van der Waals surface area contributed by atoms with Crippen molar-refractivity contribution in [3.63, 3.8) is 0 Å². The van der Waals surface area contributed by atoms with Crippen molar-refractivity contribution < 1.29 is 23.8 Å². The Balaban J connectivity index is 2.03. The van der Waals surface area contributed by atoms with E-state index in [0.29, 0.717) is 44.8 Å². The second-order valence-corrected chi connectivity index (χ2v) is 6.91. The molecule has 9 heteroatoms. The summed E-state index contributed by atoms with van der Waals surface area (Å²) in [5.41, 5.74) is 1.75. The van der Waals surface area contributed by atoms with Crippen LogP contribution in [0.4, 0.5) is 10.5 Å². The van der Waals surface area contributed by atoms with Gasteiger partial charge >= 0.3 is 6.03 Å². The minimum Gasteiger partial charge on any atom is -0.497 e. The molecule has 1 unspecified atom stereocenters. The van der Waals surface area contributed by atoms with Gasteiger partial charge in [0, 0.05) is 22.3 Å². The van der Waals surface area contributed by atoms with Gasteiger partial charge in [-0.3, -0.25) is 4.79 Å². The van der Waals surface area contributed by atoms with Crippen LogP contribution >= 0.6 is 11.6 Å². The maximum absolute atomic E-state index is 13.2. The first kappa shape index (κ1) is 21.3. The van der Waals surface area contributed by atoms with Gasteiger partial charge in [0.1, 0.15) is 17.2 Å². The number of ether oxygens (including phenoxy) is 3. The number of urea groups is 1. The average molecular weight is 432 g/mol. The molecule has 2 aromatic rings. The largest absolute Gasteiger partial charge is 0.497 e. The van der Waals surface area contributed by atoms with Crippen LogP contribution in [0.5, 0.6) is 17.2 Å². The van der Waals surface area contributed by atoms with E-state index < -0.39 is 18.0 Å². The summed E-state index contributed by atoms with van der Waals surface area (Å²) in [6.45, 7) is 1.66. The molecule has 3 amide bonds. The van der Waals surface area contributed by atoms with Crippen molar-refractivity contribution >= 4 is 29.2 Å². The number of nitrogens with one attached hydrogen (secondary N) is 3.